The average Bonchev–Trinajstić information content (AvgIpc) is 3.78. The highest BCUT2D eigenvalue weighted by molar-refractivity contribution is 7.25. The molecule has 0 saturated heterocycles. The van der Waals surface area contributed by atoms with Crippen LogP contribution in [0, 0.1) is 0 Å². The fraction of sp³-hybridized carbons (Fsp3) is 0. The number of fused-ring (bicyclic) bond motifs is 6. The third-order valence-corrected chi connectivity index (χ3v) is 10.3. The maximum atomic E-state index is 9.21. The van der Waals surface area contributed by atoms with Gasteiger partial charge in [0.2, 0.25) is 5.95 Å². The number of benzene rings is 7. The zero-order valence-electron chi connectivity index (χ0n) is 30.6. The first-order valence-corrected chi connectivity index (χ1v) is 17.2. The lowest BCUT2D eigenvalue weighted by molar-refractivity contribution is 0.954. The molecule has 0 aliphatic heterocycles. The predicted molar refractivity (Wildman–Crippen MR) is 209 cm³/mol. The molecule has 234 valence electrons. The monoisotopic (exact) mass is 660 g/mol. The lowest BCUT2D eigenvalue weighted by atomic mass is 9.94. The fourth-order valence-corrected chi connectivity index (χ4v) is 8.02. The maximum absolute atomic E-state index is 9.21. The van der Waals surface area contributed by atoms with E-state index in [4.69, 9.17) is 19.1 Å². The van der Waals surface area contributed by atoms with Gasteiger partial charge in [0.05, 0.1) is 16.5 Å². The lowest BCUT2D eigenvalue weighted by Gasteiger charge is -2.12. The molecular weight excluding hydrogens is 629 g/mol. The van der Waals surface area contributed by atoms with Crippen molar-refractivity contribution in [2.45, 2.75) is 0 Å². The molecule has 0 saturated carbocycles. The number of hydrogen-bond acceptors (Lipinski definition) is 4. The highest BCUT2D eigenvalue weighted by Gasteiger charge is 2.19. The SMILES string of the molecule is [2H]c1c([2H])c([2H])c2c(c1[2H])c1cc(-c3ccccc3-c3ccccc3)ccc1n2-c1nc(-c2ccccc2)nc(-c2ccc3c(c2)sc2ccccc23)n1. The Balaban J connectivity index is 1.25. The molecule has 0 aliphatic rings. The van der Waals surface area contributed by atoms with Gasteiger partial charge in [0.15, 0.2) is 11.6 Å². The van der Waals surface area contributed by atoms with Crippen molar-refractivity contribution in [3.8, 4) is 51.0 Å². The molecule has 0 amide bonds. The van der Waals surface area contributed by atoms with Gasteiger partial charge in [0.25, 0.3) is 0 Å². The van der Waals surface area contributed by atoms with E-state index in [1.54, 1.807) is 15.9 Å². The number of aromatic nitrogens is 4. The molecule has 5 heteroatoms. The first-order valence-electron chi connectivity index (χ1n) is 18.4. The summed E-state index contributed by atoms with van der Waals surface area (Å²) in [5.41, 5.74) is 6.66. The molecule has 10 aromatic rings. The van der Waals surface area contributed by atoms with Gasteiger partial charge in [-0.1, -0.05) is 139 Å². The van der Waals surface area contributed by atoms with Gasteiger partial charge >= 0.3 is 0 Å². The molecule has 7 aromatic carbocycles. The van der Waals surface area contributed by atoms with Crippen molar-refractivity contribution in [3.05, 3.63) is 170 Å². The van der Waals surface area contributed by atoms with Crippen LogP contribution < -0.4 is 0 Å². The second-order valence-electron chi connectivity index (χ2n) is 12.2. The summed E-state index contributed by atoms with van der Waals surface area (Å²) in [5, 5.41) is 3.45. The minimum atomic E-state index is -0.320. The van der Waals surface area contributed by atoms with Crippen molar-refractivity contribution < 1.29 is 5.48 Å². The number of hydrogen-bond donors (Lipinski definition) is 0. The molecule has 0 fully saturated rings. The van der Waals surface area contributed by atoms with Crippen molar-refractivity contribution in [2.75, 3.05) is 0 Å². The van der Waals surface area contributed by atoms with Crippen LogP contribution in [0.4, 0.5) is 0 Å². The Hall–Kier alpha value is -6.43. The molecule has 0 bridgehead atoms. The zero-order valence-corrected chi connectivity index (χ0v) is 27.4. The van der Waals surface area contributed by atoms with Crippen LogP contribution in [0.3, 0.4) is 0 Å². The highest BCUT2D eigenvalue weighted by Crippen LogP contribution is 2.39. The van der Waals surface area contributed by atoms with E-state index >= 15 is 0 Å². The molecule has 0 aliphatic carbocycles. The Labute approximate surface area is 298 Å². The van der Waals surface area contributed by atoms with Crippen LogP contribution in [-0.4, -0.2) is 19.5 Å². The molecule has 0 N–H and O–H groups in total. The Morgan fingerprint density at radius 3 is 1.90 bits per heavy atom. The summed E-state index contributed by atoms with van der Waals surface area (Å²) in [6.07, 6.45) is 0. The van der Waals surface area contributed by atoms with Gasteiger partial charge in [0, 0.05) is 42.1 Å². The Bertz CT molecular complexity index is 3100. The van der Waals surface area contributed by atoms with E-state index in [0.29, 0.717) is 33.5 Å². The zero-order chi connectivity index (χ0) is 36.5. The number of rotatable bonds is 5. The topological polar surface area (TPSA) is 43.6 Å². The first kappa shape index (κ1) is 24.7. The normalized spacial score (nSPS) is 12.7. The third-order valence-electron chi connectivity index (χ3n) is 9.21. The van der Waals surface area contributed by atoms with E-state index in [0.717, 1.165) is 38.1 Å². The van der Waals surface area contributed by atoms with Crippen LogP contribution >= 0.6 is 11.3 Å². The number of para-hydroxylation sites is 1. The number of nitrogens with zero attached hydrogens (tertiary/aromatic N) is 4. The molecule has 0 radical (unpaired) electrons. The van der Waals surface area contributed by atoms with Gasteiger partial charge in [0.1, 0.15) is 0 Å². The standard InChI is InChI=1S/C45H28N4S/c1-3-13-29(14-4-1)33-17-7-8-18-34(33)31-24-26-40-38(27-31)35-19-9-11-21-39(35)49(40)45-47-43(30-15-5-2-6-16-30)46-44(48-45)32-23-25-37-36-20-10-12-22-41(36)50-42(37)28-32/h1-28H/i9D,11D,19D,21D. The second-order valence-corrected chi connectivity index (χ2v) is 13.2. The van der Waals surface area contributed by atoms with E-state index < -0.39 is 0 Å². The lowest BCUT2D eigenvalue weighted by Crippen LogP contribution is -2.06. The van der Waals surface area contributed by atoms with Crippen molar-refractivity contribution in [2.24, 2.45) is 0 Å². The third kappa shape index (κ3) is 4.71. The maximum Gasteiger partial charge on any atom is 0.238 e. The summed E-state index contributed by atoms with van der Waals surface area (Å²) in [4.78, 5) is 15.1. The van der Waals surface area contributed by atoms with Crippen LogP contribution in [0.2, 0.25) is 0 Å². The van der Waals surface area contributed by atoms with E-state index in [-0.39, 0.29) is 30.1 Å². The molecular formula is C45H28N4S. The minimum absolute atomic E-state index is 0.115. The fourth-order valence-electron chi connectivity index (χ4n) is 6.87. The van der Waals surface area contributed by atoms with E-state index in [1.165, 1.54) is 15.5 Å². The van der Waals surface area contributed by atoms with E-state index in [2.05, 4.69) is 60.7 Å². The second kappa shape index (κ2) is 11.6. The van der Waals surface area contributed by atoms with Crippen molar-refractivity contribution in [1.29, 1.82) is 0 Å². The summed E-state index contributed by atoms with van der Waals surface area (Å²) in [6, 6.07) is 47.9. The summed E-state index contributed by atoms with van der Waals surface area (Å²) in [6.45, 7) is 0. The quantitative estimate of drug-likeness (QED) is 0.184. The van der Waals surface area contributed by atoms with E-state index in [1.807, 2.05) is 84.9 Å². The van der Waals surface area contributed by atoms with Crippen LogP contribution in [-0.2, 0) is 0 Å². The highest BCUT2D eigenvalue weighted by atomic mass is 32.1. The van der Waals surface area contributed by atoms with Crippen molar-refractivity contribution >= 4 is 53.3 Å². The Morgan fingerprint density at radius 1 is 0.440 bits per heavy atom. The van der Waals surface area contributed by atoms with Gasteiger partial charge in [-0.05, 0) is 52.6 Å². The van der Waals surface area contributed by atoms with Crippen molar-refractivity contribution in [1.82, 2.24) is 19.5 Å². The minimum Gasteiger partial charge on any atom is -0.278 e. The summed E-state index contributed by atoms with van der Waals surface area (Å²) in [5.74, 6) is 1.18. The predicted octanol–water partition coefficient (Wildman–Crippen LogP) is 12.0. The number of thiophene rings is 1. The van der Waals surface area contributed by atoms with Gasteiger partial charge < -0.3 is 0 Å². The average molecular weight is 661 g/mol. The smallest absolute Gasteiger partial charge is 0.238 e. The van der Waals surface area contributed by atoms with Crippen LogP contribution in [0.25, 0.3) is 93.0 Å². The van der Waals surface area contributed by atoms with Gasteiger partial charge in [-0.3, -0.25) is 4.57 Å². The summed E-state index contributed by atoms with van der Waals surface area (Å²) < 4.78 is 39.8. The molecule has 10 rings (SSSR count). The van der Waals surface area contributed by atoms with Gasteiger partial charge in [-0.2, -0.15) is 9.97 Å². The van der Waals surface area contributed by atoms with E-state index in [9.17, 15) is 1.37 Å². The molecule has 0 unspecified atom stereocenters. The molecule has 0 spiro atoms. The Kier molecular flexibility index (Phi) is 5.73. The molecule has 3 heterocycles. The Morgan fingerprint density at radius 2 is 1.08 bits per heavy atom. The van der Waals surface area contributed by atoms with Crippen LogP contribution in [0.1, 0.15) is 5.48 Å². The summed E-state index contributed by atoms with van der Waals surface area (Å²) >= 11 is 1.72. The van der Waals surface area contributed by atoms with Gasteiger partial charge in [-0.25, -0.2) is 4.98 Å². The molecule has 0 atom stereocenters. The largest absolute Gasteiger partial charge is 0.278 e. The van der Waals surface area contributed by atoms with Gasteiger partial charge in [-0.15, -0.1) is 11.3 Å². The molecule has 4 nitrogen and oxygen atoms in total. The molecule has 3 aromatic heterocycles. The van der Waals surface area contributed by atoms with Crippen molar-refractivity contribution in [3.63, 3.8) is 0 Å². The summed E-state index contributed by atoms with van der Waals surface area (Å²) in [7, 11) is 0. The van der Waals surface area contributed by atoms with Crippen LogP contribution in [0.5, 0.6) is 0 Å². The molecule has 50 heavy (non-hydrogen) atoms. The first-order chi connectivity index (χ1) is 26.4. The van der Waals surface area contributed by atoms with Crippen LogP contribution in [0.15, 0.2) is 170 Å².